The van der Waals surface area contributed by atoms with E-state index in [4.69, 9.17) is 16.3 Å². The minimum absolute atomic E-state index is 0.185. The molecule has 5 atom stereocenters. The molecule has 7 nitrogen and oxygen atoms in total. The number of halogens is 2. The van der Waals surface area contributed by atoms with Crippen molar-refractivity contribution in [1.29, 1.82) is 0 Å². The number of aromatic nitrogens is 4. The Bertz CT molecular complexity index is 1400. The molecule has 2 aliphatic rings. The summed E-state index contributed by atoms with van der Waals surface area (Å²) in [4.78, 5) is 13.1. The fourth-order valence-corrected chi connectivity index (χ4v) is 5.94. The van der Waals surface area contributed by atoms with Gasteiger partial charge in [0.1, 0.15) is 34.9 Å². The second kappa shape index (κ2) is 7.71. The summed E-state index contributed by atoms with van der Waals surface area (Å²) in [6.45, 7) is 1.92. The van der Waals surface area contributed by atoms with E-state index in [0.29, 0.717) is 23.6 Å². The standard InChI is InChI=1S/C24H22BrClN4O3/c1-12-16-5-7-30(22(16)28-11-27-12)23-19(31)20(32)24(33-23)6-4-15(10-24)13-2-3-14-8-17(25)21(26)29-18(14)9-13/h2-3,5,7-9,11,15,19-20,23,31-32H,4,6,10H2,1H3. The number of aryl methyl sites for hydroxylation is 1. The van der Waals surface area contributed by atoms with Crippen LogP contribution in [0.15, 0.2) is 47.3 Å². The molecule has 1 spiro atoms. The Kier molecular flexibility index (Phi) is 5.01. The third-order valence-electron chi connectivity index (χ3n) is 7.22. The van der Waals surface area contributed by atoms with Gasteiger partial charge in [0, 0.05) is 17.0 Å². The molecule has 0 bridgehead atoms. The van der Waals surface area contributed by atoms with E-state index in [9.17, 15) is 10.2 Å². The summed E-state index contributed by atoms with van der Waals surface area (Å²) in [5.74, 6) is 0.185. The summed E-state index contributed by atoms with van der Waals surface area (Å²) in [6, 6.07) is 10.1. The van der Waals surface area contributed by atoms with E-state index < -0.39 is 24.0 Å². The minimum atomic E-state index is -1.05. The lowest BCUT2D eigenvalue weighted by molar-refractivity contribution is -0.0987. The number of fused-ring (bicyclic) bond motifs is 2. The molecule has 2 fully saturated rings. The van der Waals surface area contributed by atoms with E-state index in [1.165, 1.54) is 6.33 Å². The first-order chi connectivity index (χ1) is 15.9. The molecule has 6 rings (SSSR count). The molecule has 5 unspecified atom stereocenters. The molecule has 1 saturated carbocycles. The van der Waals surface area contributed by atoms with Crippen molar-refractivity contribution in [3.63, 3.8) is 0 Å². The van der Waals surface area contributed by atoms with Gasteiger partial charge in [0.2, 0.25) is 0 Å². The van der Waals surface area contributed by atoms with Crippen LogP contribution in [0, 0.1) is 6.92 Å². The van der Waals surface area contributed by atoms with Gasteiger partial charge in [-0.25, -0.2) is 15.0 Å². The number of rotatable bonds is 2. The van der Waals surface area contributed by atoms with Crippen LogP contribution in [0.4, 0.5) is 0 Å². The van der Waals surface area contributed by atoms with Gasteiger partial charge in [0.05, 0.1) is 15.7 Å². The molecule has 0 radical (unpaired) electrons. The van der Waals surface area contributed by atoms with Crippen LogP contribution in [-0.2, 0) is 4.74 Å². The maximum atomic E-state index is 11.1. The third kappa shape index (κ3) is 3.31. The number of aliphatic hydroxyl groups excluding tert-OH is 2. The number of ether oxygens (including phenoxy) is 1. The van der Waals surface area contributed by atoms with Gasteiger partial charge in [-0.1, -0.05) is 23.7 Å². The zero-order valence-electron chi connectivity index (χ0n) is 17.8. The Morgan fingerprint density at radius 1 is 1.21 bits per heavy atom. The lowest BCUT2D eigenvalue weighted by atomic mass is 9.90. The zero-order chi connectivity index (χ0) is 22.9. The molecule has 4 heterocycles. The molecule has 1 aromatic carbocycles. The van der Waals surface area contributed by atoms with Crippen LogP contribution in [0.3, 0.4) is 0 Å². The van der Waals surface area contributed by atoms with Crippen molar-refractivity contribution >= 4 is 49.5 Å². The molecular formula is C24H22BrClN4O3. The molecule has 4 aromatic rings. The van der Waals surface area contributed by atoms with E-state index in [0.717, 1.165) is 38.4 Å². The largest absolute Gasteiger partial charge is 0.387 e. The Morgan fingerprint density at radius 3 is 2.91 bits per heavy atom. The summed E-state index contributed by atoms with van der Waals surface area (Å²) in [7, 11) is 0. The fourth-order valence-electron chi connectivity index (χ4n) is 5.46. The van der Waals surface area contributed by atoms with E-state index in [1.807, 2.05) is 31.3 Å². The summed E-state index contributed by atoms with van der Waals surface area (Å²) in [5, 5.41) is 24.4. The topological polar surface area (TPSA) is 93.3 Å². The van der Waals surface area contributed by atoms with Crippen molar-refractivity contribution in [3.8, 4) is 0 Å². The minimum Gasteiger partial charge on any atom is -0.387 e. The second-order valence-corrected chi connectivity index (χ2v) is 10.3. The number of hydrogen-bond acceptors (Lipinski definition) is 6. The summed E-state index contributed by atoms with van der Waals surface area (Å²) < 4.78 is 9.03. The van der Waals surface area contributed by atoms with Crippen molar-refractivity contribution in [2.45, 2.75) is 56.1 Å². The van der Waals surface area contributed by atoms with E-state index in [1.54, 1.807) is 4.57 Å². The normalized spacial score (nSPS) is 29.6. The Balaban J connectivity index is 1.30. The molecule has 9 heteroatoms. The smallest absolute Gasteiger partial charge is 0.164 e. The summed E-state index contributed by atoms with van der Waals surface area (Å²) in [6.07, 6.45) is 2.72. The highest BCUT2D eigenvalue weighted by atomic mass is 79.9. The van der Waals surface area contributed by atoms with Crippen molar-refractivity contribution in [2.24, 2.45) is 0 Å². The van der Waals surface area contributed by atoms with E-state index in [2.05, 4.69) is 43.0 Å². The number of aliphatic hydroxyl groups is 2. The first-order valence-electron chi connectivity index (χ1n) is 10.9. The van der Waals surface area contributed by atoms with Crippen LogP contribution in [0.25, 0.3) is 21.9 Å². The van der Waals surface area contributed by atoms with Crippen molar-refractivity contribution < 1.29 is 14.9 Å². The van der Waals surface area contributed by atoms with Crippen molar-refractivity contribution in [1.82, 2.24) is 19.5 Å². The lowest BCUT2D eigenvalue weighted by Crippen LogP contribution is -2.40. The van der Waals surface area contributed by atoms with E-state index in [-0.39, 0.29) is 5.92 Å². The van der Waals surface area contributed by atoms with Gasteiger partial charge in [-0.05, 0) is 71.8 Å². The highest BCUT2D eigenvalue weighted by Gasteiger charge is 2.57. The molecule has 1 saturated heterocycles. The molecule has 1 aliphatic heterocycles. The van der Waals surface area contributed by atoms with Gasteiger partial charge in [0.15, 0.2) is 6.23 Å². The second-order valence-electron chi connectivity index (χ2n) is 9.08. The van der Waals surface area contributed by atoms with Gasteiger partial charge < -0.3 is 19.5 Å². The van der Waals surface area contributed by atoms with Crippen LogP contribution in [0.5, 0.6) is 0 Å². The monoisotopic (exact) mass is 528 g/mol. The molecule has 2 N–H and O–H groups in total. The predicted octanol–water partition coefficient (Wildman–Crippen LogP) is 4.66. The maximum Gasteiger partial charge on any atom is 0.164 e. The fraction of sp³-hybridized carbons (Fsp3) is 0.375. The van der Waals surface area contributed by atoms with Crippen molar-refractivity contribution in [3.05, 3.63) is 63.7 Å². The van der Waals surface area contributed by atoms with Gasteiger partial charge in [0.25, 0.3) is 0 Å². The third-order valence-corrected chi connectivity index (χ3v) is 8.35. The van der Waals surface area contributed by atoms with Crippen molar-refractivity contribution in [2.75, 3.05) is 0 Å². The Hall–Kier alpha value is -2.10. The first kappa shape index (κ1) is 21.4. The molecule has 1 aliphatic carbocycles. The quantitative estimate of drug-likeness (QED) is 0.367. The van der Waals surface area contributed by atoms with Crippen LogP contribution < -0.4 is 0 Å². The highest BCUT2D eigenvalue weighted by Crippen LogP contribution is 2.52. The van der Waals surface area contributed by atoms with Gasteiger partial charge in [-0.2, -0.15) is 0 Å². The number of nitrogens with zero attached hydrogens (tertiary/aromatic N) is 4. The SMILES string of the molecule is Cc1ncnc2c1ccn2C1OC2(CCC(c3ccc4cc(Br)c(Cl)nc4c3)C2)C(O)C1O. The molecule has 3 aromatic heterocycles. The number of pyridine rings is 1. The van der Waals surface area contributed by atoms with Crippen LogP contribution in [0.2, 0.25) is 5.15 Å². The average molecular weight is 530 g/mol. The van der Waals surface area contributed by atoms with Crippen LogP contribution >= 0.6 is 27.5 Å². The summed E-state index contributed by atoms with van der Waals surface area (Å²) in [5.41, 5.74) is 2.70. The Morgan fingerprint density at radius 2 is 2.06 bits per heavy atom. The average Bonchev–Trinajstić information content (AvgIpc) is 3.48. The predicted molar refractivity (Wildman–Crippen MR) is 128 cm³/mol. The summed E-state index contributed by atoms with van der Waals surface area (Å²) >= 11 is 9.62. The molecule has 33 heavy (non-hydrogen) atoms. The lowest BCUT2D eigenvalue weighted by Gasteiger charge is -2.27. The Labute approximate surface area is 203 Å². The molecule has 0 amide bonds. The van der Waals surface area contributed by atoms with Gasteiger partial charge >= 0.3 is 0 Å². The van der Waals surface area contributed by atoms with Gasteiger partial charge in [-0.15, -0.1) is 0 Å². The maximum absolute atomic E-state index is 11.1. The zero-order valence-corrected chi connectivity index (χ0v) is 20.2. The van der Waals surface area contributed by atoms with Crippen LogP contribution in [0.1, 0.15) is 42.7 Å². The van der Waals surface area contributed by atoms with E-state index >= 15 is 0 Å². The first-order valence-corrected chi connectivity index (χ1v) is 12.1. The number of benzene rings is 1. The van der Waals surface area contributed by atoms with Gasteiger partial charge in [-0.3, -0.25) is 0 Å². The molecular weight excluding hydrogens is 508 g/mol. The van der Waals surface area contributed by atoms with Crippen LogP contribution in [-0.4, -0.2) is 47.5 Å². The highest BCUT2D eigenvalue weighted by molar-refractivity contribution is 9.10. The number of hydrogen-bond donors (Lipinski definition) is 2. The molecule has 170 valence electrons.